The van der Waals surface area contributed by atoms with Gasteiger partial charge in [0.2, 0.25) is 0 Å². The maximum Gasteiger partial charge on any atom is 0.145 e. The molecule has 0 amide bonds. The van der Waals surface area contributed by atoms with Crippen molar-refractivity contribution >= 4 is 32.8 Å². The van der Waals surface area contributed by atoms with Crippen molar-refractivity contribution in [2.24, 2.45) is 0 Å². The predicted molar refractivity (Wildman–Crippen MR) is 166 cm³/mol. The molecule has 40 heavy (non-hydrogen) atoms. The van der Waals surface area contributed by atoms with Gasteiger partial charge in [0.25, 0.3) is 0 Å². The maximum absolute atomic E-state index is 4.99. The fraction of sp³-hybridized carbons (Fsp3) is 0. The van der Waals surface area contributed by atoms with Gasteiger partial charge in [0, 0.05) is 27.7 Å². The first-order chi connectivity index (χ1) is 19.8. The molecule has 0 fully saturated rings. The summed E-state index contributed by atoms with van der Waals surface area (Å²) in [5.41, 5.74) is 10.3. The maximum atomic E-state index is 4.99. The highest BCUT2D eigenvalue weighted by molar-refractivity contribution is 6.10. The van der Waals surface area contributed by atoms with Gasteiger partial charge in [0.1, 0.15) is 5.82 Å². The standard InChI is InChI=1S/C37H25N3/c1-3-11-27(12-4-1)37-38-33-16-8-10-18-36(33)40(37)30-22-19-26(20-23-30)28-21-24-35-32(25-28)31-15-7-9-17-34(31)39(35)29-13-5-2-6-14-29/h1-25H. The van der Waals surface area contributed by atoms with Crippen molar-refractivity contribution in [2.75, 3.05) is 0 Å². The van der Waals surface area contributed by atoms with E-state index in [4.69, 9.17) is 4.98 Å². The zero-order chi connectivity index (χ0) is 26.5. The van der Waals surface area contributed by atoms with Crippen LogP contribution >= 0.6 is 0 Å². The quantitative estimate of drug-likeness (QED) is 0.231. The van der Waals surface area contributed by atoms with Gasteiger partial charge in [-0.3, -0.25) is 4.57 Å². The number of hydrogen-bond donors (Lipinski definition) is 0. The highest BCUT2D eigenvalue weighted by Crippen LogP contribution is 2.35. The number of rotatable bonds is 4. The lowest BCUT2D eigenvalue weighted by Gasteiger charge is -2.11. The van der Waals surface area contributed by atoms with Gasteiger partial charge in [-0.15, -0.1) is 0 Å². The summed E-state index contributed by atoms with van der Waals surface area (Å²) in [6.07, 6.45) is 0. The van der Waals surface area contributed by atoms with Crippen molar-refractivity contribution in [3.63, 3.8) is 0 Å². The van der Waals surface area contributed by atoms with Crippen LogP contribution in [0.25, 0.3) is 66.7 Å². The largest absolute Gasteiger partial charge is 0.309 e. The minimum absolute atomic E-state index is 0.949. The third kappa shape index (κ3) is 3.56. The number of nitrogens with zero attached hydrogens (tertiary/aromatic N) is 3. The predicted octanol–water partition coefficient (Wildman–Crippen LogP) is 9.46. The first-order valence-electron chi connectivity index (χ1n) is 13.6. The topological polar surface area (TPSA) is 22.8 Å². The van der Waals surface area contributed by atoms with E-state index >= 15 is 0 Å². The second kappa shape index (κ2) is 9.11. The van der Waals surface area contributed by atoms with Crippen molar-refractivity contribution in [3.8, 4) is 33.9 Å². The SMILES string of the molecule is c1ccc(-c2nc3ccccc3n2-c2ccc(-c3ccc4c(c3)c3ccccc3n4-c3ccccc3)cc2)cc1. The monoisotopic (exact) mass is 511 g/mol. The van der Waals surface area contributed by atoms with Crippen LogP contribution in [0.1, 0.15) is 0 Å². The number of imidazole rings is 1. The minimum Gasteiger partial charge on any atom is -0.309 e. The van der Waals surface area contributed by atoms with Crippen LogP contribution in [0.4, 0.5) is 0 Å². The molecule has 3 nitrogen and oxygen atoms in total. The van der Waals surface area contributed by atoms with E-state index in [0.717, 1.165) is 28.1 Å². The number of aromatic nitrogens is 3. The molecule has 0 aliphatic rings. The molecule has 0 spiro atoms. The van der Waals surface area contributed by atoms with Crippen LogP contribution in [0.15, 0.2) is 152 Å². The Morgan fingerprint density at radius 2 is 0.975 bits per heavy atom. The van der Waals surface area contributed by atoms with E-state index in [1.807, 2.05) is 12.1 Å². The fourth-order valence-electron chi connectivity index (χ4n) is 5.88. The Labute approximate surface area is 232 Å². The Bertz CT molecular complexity index is 2130. The molecule has 2 aromatic heterocycles. The van der Waals surface area contributed by atoms with Gasteiger partial charge in [-0.05, 0) is 65.7 Å². The molecule has 8 rings (SSSR count). The number of para-hydroxylation sites is 4. The number of fused-ring (bicyclic) bond motifs is 4. The molecular weight excluding hydrogens is 486 g/mol. The van der Waals surface area contributed by atoms with Crippen LogP contribution < -0.4 is 0 Å². The van der Waals surface area contributed by atoms with Gasteiger partial charge >= 0.3 is 0 Å². The number of hydrogen-bond acceptors (Lipinski definition) is 1. The molecule has 2 heterocycles. The molecule has 0 saturated heterocycles. The molecule has 0 aliphatic carbocycles. The summed E-state index contributed by atoms with van der Waals surface area (Å²) in [4.78, 5) is 4.99. The molecule has 188 valence electrons. The van der Waals surface area contributed by atoms with Crippen LogP contribution in [-0.4, -0.2) is 14.1 Å². The average molecular weight is 512 g/mol. The van der Waals surface area contributed by atoms with E-state index in [0.29, 0.717) is 0 Å². The molecule has 0 unspecified atom stereocenters. The van der Waals surface area contributed by atoms with E-state index < -0.39 is 0 Å². The van der Waals surface area contributed by atoms with E-state index in [1.165, 1.54) is 38.6 Å². The van der Waals surface area contributed by atoms with Crippen LogP contribution in [0, 0.1) is 0 Å². The Hall–Kier alpha value is -5.41. The van der Waals surface area contributed by atoms with Crippen molar-refractivity contribution in [1.82, 2.24) is 14.1 Å². The first-order valence-corrected chi connectivity index (χ1v) is 13.6. The highest BCUT2D eigenvalue weighted by atomic mass is 15.1. The summed E-state index contributed by atoms with van der Waals surface area (Å²) in [6.45, 7) is 0. The third-order valence-corrected chi connectivity index (χ3v) is 7.74. The summed E-state index contributed by atoms with van der Waals surface area (Å²) >= 11 is 0. The lowest BCUT2D eigenvalue weighted by molar-refractivity contribution is 1.10. The normalized spacial score (nSPS) is 11.5. The van der Waals surface area contributed by atoms with E-state index in [-0.39, 0.29) is 0 Å². The van der Waals surface area contributed by atoms with Crippen molar-refractivity contribution in [1.29, 1.82) is 0 Å². The average Bonchev–Trinajstić information content (AvgIpc) is 3.58. The molecule has 0 aliphatic heterocycles. The second-order valence-electron chi connectivity index (χ2n) is 10.1. The molecule has 3 heteroatoms. The third-order valence-electron chi connectivity index (χ3n) is 7.74. The Kier molecular flexibility index (Phi) is 5.14. The molecule has 0 N–H and O–H groups in total. The summed E-state index contributed by atoms with van der Waals surface area (Å²) in [5, 5.41) is 2.52. The zero-order valence-corrected chi connectivity index (χ0v) is 21.8. The zero-order valence-electron chi connectivity index (χ0n) is 21.8. The van der Waals surface area contributed by atoms with Gasteiger partial charge in [-0.25, -0.2) is 4.98 Å². The van der Waals surface area contributed by atoms with Crippen LogP contribution in [0.2, 0.25) is 0 Å². The lowest BCUT2D eigenvalue weighted by Crippen LogP contribution is -1.97. The summed E-state index contributed by atoms with van der Waals surface area (Å²) in [6, 6.07) is 53.6. The minimum atomic E-state index is 0.949. The Balaban J connectivity index is 1.25. The molecule has 0 bridgehead atoms. The van der Waals surface area contributed by atoms with Crippen molar-refractivity contribution < 1.29 is 0 Å². The van der Waals surface area contributed by atoms with Crippen molar-refractivity contribution in [3.05, 3.63) is 152 Å². The first kappa shape index (κ1) is 22.6. The highest BCUT2D eigenvalue weighted by Gasteiger charge is 2.15. The van der Waals surface area contributed by atoms with E-state index in [9.17, 15) is 0 Å². The van der Waals surface area contributed by atoms with Crippen LogP contribution in [0.5, 0.6) is 0 Å². The van der Waals surface area contributed by atoms with Gasteiger partial charge in [-0.1, -0.05) is 97.1 Å². The lowest BCUT2D eigenvalue weighted by atomic mass is 10.0. The molecule has 0 saturated carbocycles. The summed E-state index contributed by atoms with van der Waals surface area (Å²) < 4.78 is 4.61. The van der Waals surface area contributed by atoms with Crippen LogP contribution in [0.3, 0.4) is 0 Å². The van der Waals surface area contributed by atoms with Crippen LogP contribution in [-0.2, 0) is 0 Å². The molecular formula is C37H25N3. The summed E-state index contributed by atoms with van der Waals surface area (Å²) in [7, 11) is 0. The van der Waals surface area contributed by atoms with E-state index in [2.05, 4.69) is 149 Å². The molecule has 6 aromatic carbocycles. The van der Waals surface area contributed by atoms with Gasteiger partial charge in [-0.2, -0.15) is 0 Å². The Morgan fingerprint density at radius 3 is 1.77 bits per heavy atom. The summed E-state index contributed by atoms with van der Waals surface area (Å²) in [5.74, 6) is 0.949. The molecule has 0 atom stereocenters. The number of benzene rings is 6. The smallest absolute Gasteiger partial charge is 0.145 e. The van der Waals surface area contributed by atoms with Gasteiger partial charge in [0.05, 0.1) is 22.1 Å². The van der Waals surface area contributed by atoms with Gasteiger partial charge < -0.3 is 4.57 Å². The fourth-order valence-corrected chi connectivity index (χ4v) is 5.88. The van der Waals surface area contributed by atoms with Gasteiger partial charge in [0.15, 0.2) is 0 Å². The molecule has 8 aromatic rings. The second-order valence-corrected chi connectivity index (χ2v) is 10.1. The van der Waals surface area contributed by atoms with E-state index in [1.54, 1.807) is 0 Å². The van der Waals surface area contributed by atoms with Crippen molar-refractivity contribution in [2.45, 2.75) is 0 Å². The molecule has 0 radical (unpaired) electrons. The Morgan fingerprint density at radius 1 is 0.375 bits per heavy atom.